The molecule has 1 aromatic heterocycles. The first-order valence-corrected chi connectivity index (χ1v) is 6.01. The topological polar surface area (TPSA) is 29.9 Å². The summed E-state index contributed by atoms with van der Waals surface area (Å²) in [6, 6.07) is 0.570. The van der Waals surface area contributed by atoms with Gasteiger partial charge >= 0.3 is 0 Å². The molecule has 0 bridgehead atoms. The Morgan fingerprint density at radius 1 is 1.53 bits per heavy atom. The van der Waals surface area contributed by atoms with E-state index in [1.165, 1.54) is 25.0 Å². The summed E-state index contributed by atoms with van der Waals surface area (Å²) in [7, 11) is 0. The first kappa shape index (κ1) is 10.7. The molecule has 0 aromatic carbocycles. The standard InChI is InChI=1S/C12H21N3/c1-10(2)14-6-7-15-9-13-8-12(15)11-4-3-5-11/h8-11,14H,3-7H2,1-2H3. The normalized spacial score (nSPS) is 17.0. The van der Waals surface area contributed by atoms with E-state index in [-0.39, 0.29) is 0 Å². The van der Waals surface area contributed by atoms with E-state index in [0.717, 1.165) is 19.0 Å². The lowest BCUT2D eigenvalue weighted by Gasteiger charge is -2.26. The van der Waals surface area contributed by atoms with Gasteiger partial charge in [0, 0.05) is 36.9 Å². The molecule has 3 nitrogen and oxygen atoms in total. The van der Waals surface area contributed by atoms with Crippen molar-refractivity contribution in [2.45, 2.75) is 51.6 Å². The van der Waals surface area contributed by atoms with Crippen LogP contribution < -0.4 is 5.32 Å². The predicted molar refractivity (Wildman–Crippen MR) is 62.0 cm³/mol. The molecular formula is C12H21N3. The minimum Gasteiger partial charge on any atom is -0.333 e. The SMILES string of the molecule is CC(C)NCCn1cncc1C1CCC1. The largest absolute Gasteiger partial charge is 0.333 e. The van der Waals surface area contributed by atoms with Gasteiger partial charge < -0.3 is 9.88 Å². The van der Waals surface area contributed by atoms with Crippen LogP contribution in [-0.2, 0) is 6.54 Å². The second kappa shape index (κ2) is 4.79. The number of hydrogen-bond donors (Lipinski definition) is 1. The third kappa shape index (κ3) is 2.59. The second-order valence-corrected chi connectivity index (χ2v) is 4.75. The molecule has 1 aliphatic rings. The zero-order valence-electron chi connectivity index (χ0n) is 9.74. The van der Waals surface area contributed by atoms with Gasteiger partial charge in [-0.25, -0.2) is 4.98 Å². The zero-order valence-corrected chi connectivity index (χ0v) is 9.74. The van der Waals surface area contributed by atoms with Crippen molar-refractivity contribution < 1.29 is 0 Å². The molecular weight excluding hydrogens is 186 g/mol. The Bertz CT molecular complexity index is 300. The molecule has 0 saturated heterocycles. The summed E-state index contributed by atoms with van der Waals surface area (Å²) in [5.41, 5.74) is 1.44. The Balaban J connectivity index is 1.87. The molecule has 0 amide bonds. The Morgan fingerprint density at radius 2 is 2.33 bits per heavy atom. The summed E-state index contributed by atoms with van der Waals surface area (Å²) in [5.74, 6) is 0.784. The predicted octanol–water partition coefficient (Wildman–Crippen LogP) is 2.15. The van der Waals surface area contributed by atoms with Crippen molar-refractivity contribution >= 4 is 0 Å². The highest BCUT2D eigenvalue weighted by Crippen LogP contribution is 2.35. The molecule has 3 heteroatoms. The lowest BCUT2D eigenvalue weighted by atomic mass is 9.83. The summed E-state index contributed by atoms with van der Waals surface area (Å²) in [5, 5.41) is 3.44. The Kier molecular flexibility index (Phi) is 3.41. The fourth-order valence-electron chi connectivity index (χ4n) is 2.04. The zero-order chi connectivity index (χ0) is 10.7. The smallest absolute Gasteiger partial charge is 0.0948 e. The van der Waals surface area contributed by atoms with Crippen LogP contribution >= 0.6 is 0 Å². The van der Waals surface area contributed by atoms with Crippen LogP contribution in [0.2, 0.25) is 0 Å². The van der Waals surface area contributed by atoms with Crippen LogP contribution in [0, 0.1) is 0 Å². The van der Waals surface area contributed by atoms with Gasteiger partial charge in [-0.2, -0.15) is 0 Å². The number of nitrogens with zero attached hydrogens (tertiary/aromatic N) is 2. The van der Waals surface area contributed by atoms with E-state index in [9.17, 15) is 0 Å². The van der Waals surface area contributed by atoms with Crippen LogP contribution in [-0.4, -0.2) is 22.1 Å². The van der Waals surface area contributed by atoms with Crippen molar-refractivity contribution in [1.82, 2.24) is 14.9 Å². The number of nitrogens with one attached hydrogen (secondary N) is 1. The third-order valence-electron chi connectivity index (χ3n) is 3.17. The Morgan fingerprint density at radius 3 is 2.93 bits per heavy atom. The molecule has 0 radical (unpaired) electrons. The van der Waals surface area contributed by atoms with Gasteiger partial charge in [-0.15, -0.1) is 0 Å². The van der Waals surface area contributed by atoms with Crippen molar-refractivity contribution in [3.63, 3.8) is 0 Å². The highest BCUT2D eigenvalue weighted by atomic mass is 15.1. The molecule has 1 heterocycles. The summed E-state index contributed by atoms with van der Waals surface area (Å²) in [6.07, 6.45) is 8.10. The van der Waals surface area contributed by atoms with Crippen molar-refractivity contribution in [3.8, 4) is 0 Å². The number of hydrogen-bond acceptors (Lipinski definition) is 2. The van der Waals surface area contributed by atoms with E-state index < -0.39 is 0 Å². The number of aromatic nitrogens is 2. The van der Waals surface area contributed by atoms with E-state index in [4.69, 9.17) is 0 Å². The molecule has 84 valence electrons. The number of imidazole rings is 1. The average Bonchev–Trinajstić information content (AvgIpc) is 2.50. The van der Waals surface area contributed by atoms with E-state index in [1.54, 1.807) is 0 Å². The second-order valence-electron chi connectivity index (χ2n) is 4.75. The van der Waals surface area contributed by atoms with Gasteiger partial charge in [0.1, 0.15) is 0 Å². The van der Waals surface area contributed by atoms with E-state index in [1.807, 2.05) is 12.5 Å². The fourth-order valence-corrected chi connectivity index (χ4v) is 2.04. The van der Waals surface area contributed by atoms with E-state index in [0.29, 0.717) is 6.04 Å². The van der Waals surface area contributed by atoms with Crippen LogP contribution in [0.15, 0.2) is 12.5 Å². The molecule has 1 aromatic rings. The lowest BCUT2D eigenvalue weighted by Crippen LogP contribution is -2.27. The van der Waals surface area contributed by atoms with Gasteiger partial charge in [-0.05, 0) is 12.8 Å². The molecule has 0 spiro atoms. The molecule has 1 saturated carbocycles. The van der Waals surface area contributed by atoms with Gasteiger partial charge in [0.25, 0.3) is 0 Å². The fraction of sp³-hybridized carbons (Fsp3) is 0.750. The maximum atomic E-state index is 4.26. The summed E-state index contributed by atoms with van der Waals surface area (Å²) in [6.45, 7) is 6.44. The molecule has 0 atom stereocenters. The van der Waals surface area contributed by atoms with Crippen molar-refractivity contribution in [2.75, 3.05) is 6.54 Å². The van der Waals surface area contributed by atoms with E-state index >= 15 is 0 Å². The van der Waals surface area contributed by atoms with Crippen molar-refractivity contribution in [1.29, 1.82) is 0 Å². The molecule has 2 rings (SSSR count). The summed E-state index contributed by atoms with van der Waals surface area (Å²) >= 11 is 0. The van der Waals surface area contributed by atoms with Crippen molar-refractivity contribution in [2.24, 2.45) is 0 Å². The van der Waals surface area contributed by atoms with Gasteiger partial charge in [-0.3, -0.25) is 0 Å². The maximum absolute atomic E-state index is 4.26. The average molecular weight is 207 g/mol. The van der Waals surface area contributed by atoms with Crippen LogP contribution in [0.4, 0.5) is 0 Å². The highest BCUT2D eigenvalue weighted by molar-refractivity contribution is 5.09. The highest BCUT2D eigenvalue weighted by Gasteiger charge is 2.22. The van der Waals surface area contributed by atoms with Gasteiger partial charge in [0.05, 0.1) is 6.33 Å². The minimum atomic E-state index is 0.570. The lowest BCUT2D eigenvalue weighted by molar-refractivity contribution is 0.393. The molecule has 1 N–H and O–H groups in total. The number of rotatable bonds is 5. The maximum Gasteiger partial charge on any atom is 0.0948 e. The molecule has 1 fully saturated rings. The van der Waals surface area contributed by atoms with E-state index in [2.05, 4.69) is 28.7 Å². The molecule has 0 unspecified atom stereocenters. The monoisotopic (exact) mass is 207 g/mol. The minimum absolute atomic E-state index is 0.570. The van der Waals surface area contributed by atoms with Crippen LogP contribution in [0.5, 0.6) is 0 Å². The van der Waals surface area contributed by atoms with Crippen LogP contribution in [0.1, 0.15) is 44.7 Å². The van der Waals surface area contributed by atoms with Gasteiger partial charge in [0.2, 0.25) is 0 Å². The third-order valence-corrected chi connectivity index (χ3v) is 3.17. The molecule has 15 heavy (non-hydrogen) atoms. The summed E-state index contributed by atoms with van der Waals surface area (Å²) < 4.78 is 2.30. The van der Waals surface area contributed by atoms with Gasteiger partial charge in [0.15, 0.2) is 0 Å². The first-order chi connectivity index (χ1) is 7.27. The van der Waals surface area contributed by atoms with Crippen LogP contribution in [0.25, 0.3) is 0 Å². The first-order valence-electron chi connectivity index (χ1n) is 6.01. The Labute approximate surface area is 91.9 Å². The molecule has 0 aliphatic heterocycles. The van der Waals surface area contributed by atoms with Crippen molar-refractivity contribution in [3.05, 3.63) is 18.2 Å². The van der Waals surface area contributed by atoms with Gasteiger partial charge in [-0.1, -0.05) is 20.3 Å². The Hall–Kier alpha value is -0.830. The van der Waals surface area contributed by atoms with Crippen LogP contribution in [0.3, 0.4) is 0 Å². The quantitative estimate of drug-likeness (QED) is 0.801. The molecule has 1 aliphatic carbocycles. The summed E-state index contributed by atoms with van der Waals surface area (Å²) in [4.78, 5) is 4.26.